The van der Waals surface area contributed by atoms with Crippen LogP contribution in [-0.4, -0.2) is 34.4 Å². The van der Waals surface area contributed by atoms with Crippen molar-refractivity contribution in [2.24, 2.45) is 0 Å². The zero-order chi connectivity index (χ0) is 29.0. The summed E-state index contributed by atoms with van der Waals surface area (Å²) in [6.07, 6.45) is 0. The molecule has 6 heteroatoms. The van der Waals surface area contributed by atoms with E-state index < -0.39 is 0 Å². The van der Waals surface area contributed by atoms with E-state index in [0.29, 0.717) is 17.5 Å². The number of aromatic nitrogens is 4. The van der Waals surface area contributed by atoms with Crippen LogP contribution in [0.4, 0.5) is 0 Å². The third kappa shape index (κ3) is 4.23. The monoisotopic (exact) mass is 630 g/mol. The Labute approximate surface area is 258 Å². The van der Waals surface area contributed by atoms with Crippen molar-refractivity contribution in [3.63, 3.8) is 0 Å². The van der Waals surface area contributed by atoms with Crippen LogP contribution in [0, 0.1) is 0 Å². The summed E-state index contributed by atoms with van der Waals surface area (Å²) in [5.74, 6) is 1.86. The van der Waals surface area contributed by atoms with E-state index in [0.717, 1.165) is 49.5 Å². The molecule has 0 radical (unpaired) electrons. The van der Waals surface area contributed by atoms with Crippen LogP contribution in [-0.2, 0) is 0 Å². The van der Waals surface area contributed by atoms with Crippen LogP contribution < -0.4 is 0 Å². The fourth-order valence-electron chi connectivity index (χ4n) is 5.82. The van der Waals surface area contributed by atoms with Gasteiger partial charge in [-0.15, -0.1) is 0 Å². The Morgan fingerprint density at radius 3 is 2.02 bits per heavy atom. The molecule has 6 aromatic carbocycles. The van der Waals surface area contributed by atoms with Crippen LogP contribution in [0.25, 0.3) is 86.8 Å². The normalized spacial score (nSPS) is 11.6. The molecule has 206 valence electrons. The summed E-state index contributed by atoms with van der Waals surface area (Å²) < 4.78 is 8.66. The molecule has 9 aromatic rings. The van der Waals surface area contributed by atoms with Gasteiger partial charge in [0, 0.05) is 0 Å². The van der Waals surface area contributed by atoms with E-state index in [1.807, 2.05) is 66.7 Å². The van der Waals surface area contributed by atoms with Gasteiger partial charge in [-0.3, -0.25) is 0 Å². The minimum absolute atomic E-state index is 0.176. The third-order valence-electron chi connectivity index (χ3n) is 7.94. The van der Waals surface area contributed by atoms with E-state index in [1.165, 1.54) is 19.8 Å². The van der Waals surface area contributed by atoms with Gasteiger partial charge in [0.15, 0.2) is 0 Å². The maximum atomic E-state index is 6.18. The first-order chi connectivity index (χ1) is 21.8. The van der Waals surface area contributed by atoms with Gasteiger partial charge in [0.05, 0.1) is 0 Å². The van der Waals surface area contributed by atoms with E-state index in [2.05, 4.69) is 66.7 Å². The number of furan rings is 1. The molecule has 0 N–H and O–H groups in total. The molecule has 0 saturated heterocycles. The molecule has 0 unspecified atom stereocenters. The molecule has 0 fully saturated rings. The van der Waals surface area contributed by atoms with Crippen molar-refractivity contribution < 1.29 is 4.42 Å². The van der Waals surface area contributed by atoms with Crippen LogP contribution in [0.2, 0.25) is 0 Å². The first kappa shape index (κ1) is 25.1. The minimum atomic E-state index is 0.176. The van der Waals surface area contributed by atoms with Crippen LogP contribution >= 0.6 is 0 Å². The van der Waals surface area contributed by atoms with Gasteiger partial charge >= 0.3 is 213 Å². The first-order valence-electron chi connectivity index (χ1n) is 14.4. The molecule has 44 heavy (non-hydrogen) atoms. The van der Waals surface area contributed by atoms with Gasteiger partial charge in [-0.1, -0.05) is 24.3 Å². The molecule has 0 bridgehead atoms. The molecular weight excluding hydrogens is 607 g/mol. The average molecular weight is 630 g/mol. The molecular formula is C38H22N4OSe. The molecule has 0 saturated carbocycles. The SMILES string of the molecule is c1ccc(-c2nc(-c3ccc4cc5[se]c(-c6ccccc6)nc5cc4c3)nc(-c3cccc4oc5ccccc5c34)n2)cc1. The molecule has 0 spiro atoms. The summed E-state index contributed by atoms with van der Waals surface area (Å²) in [5, 5.41) is 4.34. The molecule has 0 aliphatic heterocycles. The van der Waals surface area contributed by atoms with Crippen LogP contribution in [0.3, 0.4) is 0 Å². The Hall–Kier alpha value is -5.42. The summed E-state index contributed by atoms with van der Waals surface area (Å²) in [5.41, 5.74) is 6.67. The maximum absolute atomic E-state index is 6.18. The average Bonchev–Trinajstić information content (AvgIpc) is 3.69. The summed E-state index contributed by atoms with van der Waals surface area (Å²) in [6.45, 7) is 0. The topological polar surface area (TPSA) is 64.7 Å². The number of nitrogens with zero attached hydrogens (tertiary/aromatic N) is 4. The zero-order valence-corrected chi connectivity index (χ0v) is 25.0. The number of para-hydroxylation sites is 1. The van der Waals surface area contributed by atoms with Gasteiger partial charge in [0.2, 0.25) is 0 Å². The second-order valence-electron chi connectivity index (χ2n) is 10.7. The van der Waals surface area contributed by atoms with Gasteiger partial charge in [-0.2, -0.15) is 0 Å². The van der Waals surface area contributed by atoms with E-state index >= 15 is 0 Å². The standard InChI is InChI=1S/C38H22N4OSe/c1-3-10-23(11-4-1)35-40-36(42-37(41-35)29-15-9-17-32-34(29)28-14-7-8-16-31(28)43-32)26-19-18-25-22-33-30(21-27(25)20-26)39-38(44-33)24-12-5-2-6-13-24/h1-22H. The number of benzene rings is 6. The van der Waals surface area contributed by atoms with Crippen LogP contribution in [0.1, 0.15) is 0 Å². The Morgan fingerprint density at radius 2 is 1.18 bits per heavy atom. The van der Waals surface area contributed by atoms with Crippen molar-refractivity contribution in [3.05, 3.63) is 133 Å². The number of fused-ring (bicyclic) bond motifs is 5. The van der Waals surface area contributed by atoms with Crippen molar-refractivity contribution >= 4 is 57.0 Å². The Bertz CT molecular complexity index is 2500. The van der Waals surface area contributed by atoms with Gasteiger partial charge < -0.3 is 4.42 Å². The Kier molecular flexibility index (Phi) is 5.76. The van der Waals surface area contributed by atoms with E-state index in [9.17, 15) is 0 Å². The predicted molar refractivity (Wildman–Crippen MR) is 179 cm³/mol. The zero-order valence-electron chi connectivity index (χ0n) is 23.3. The predicted octanol–water partition coefficient (Wildman–Crippen LogP) is 9.20. The summed E-state index contributed by atoms with van der Waals surface area (Å²) in [7, 11) is 0. The molecule has 0 atom stereocenters. The third-order valence-corrected chi connectivity index (χ3v) is 10.2. The van der Waals surface area contributed by atoms with Gasteiger partial charge in [0.1, 0.15) is 5.58 Å². The molecule has 0 aliphatic carbocycles. The van der Waals surface area contributed by atoms with Crippen LogP contribution in [0.15, 0.2) is 138 Å². The second-order valence-corrected chi connectivity index (χ2v) is 12.9. The van der Waals surface area contributed by atoms with E-state index in [4.69, 9.17) is 24.4 Å². The molecule has 3 heterocycles. The van der Waals surface area contributed by atoms with Gasteiger partial charge in [-0.05, 0) is 12.1 Å². The van der Waals surface area contributed by atoms with E-state index in [1.54, 1.807) is 0 Å². The van der Waals surface area contributed by atoms with Crippen LogP contribution in [0.5, 0.6) is 0 Å². The van der Waals surface area contributed by atoms with E-state index in [-0.39, 0.29) is 14.5 Å². The molecule has 9 rings (SSSR count). The molecule has 0 amide bonds. The number of rotatable bonds is 4. The molecule has 0 aliphatic rings. The molecule has 3 aromatic heterocycles. The summed E-state index contributed by atoms with van der Waals surface area (Å²) in [6, 6.07) is 45.6. The first-order valence-corrected chi connectivity index (χ1v) is 16.1. The van der Waals surface area contributed by atoms with Crippen molar-refractivity contribution in [1.82, 2.24) is 19.9 Å². The van der Waals surface area contributed by atoms with Crippen molar-refractivity contribution in [2.45, 2.75) is 0 Å². The Morgan fingerprint density at radius 1 is 0.477 bits per heavy atom. The fourth-order valence-corrected chi connectivity index (χ4v) is 7.92. The summed E-state index contributed by atoms with van der Waals surface area (Å²) in [4.78, 5) is 20.1. The number of hydrogen-bond acceptors (Lipinski definition) is 5. The van der Waals surface area contributed by atoms with Crippen molar-refractivity contribution in [2.75, 3.05) is 0 Å². The fraction of sp³-hybridized carbons (Fsp3) is 0. The summed E-state index contributed by atoms with van der Waals surface area (Å²) >= 11 is 0.176. The number of hydrogen-bond donors (Lipinski definition) is 0. The Balaban J connectivity index is 1.23. The quantitative estimate of drug-likeness (QED) is 0.182. The van der Waals surface area contributed by atoms with Crippen molar-refractivity contribution in [3.8, 4) is 44.3 Å². The second kappa shape index (κ2) is 10.1. The van der Waals surface area contributed by atoms with Gasteiger partial charge in [-0.25, -0.2) is 0 Å². The van der Waals surface area contributed by atoms with Crippen molar-refractivity contribution in [1.29, 1.82) is 0 Å². The van der Waals surface area contributed by atoms with Gasteiger partial charge in [0.25, 0.3) is 0 Å². The molecule has 5 nitrogen and oxygen atoms in total.